The maximum atomic E-state index is 11.0. The number of rotatable bonds is 0. The van der Waals surface area contributed by atoms with Gasteiger partial charge in [-0.1, -0.05) is 20.8 Å². The summed E-state index contributed by atoms with van der Waals surface area (Å²) in [5.74, 6) is 2.21. The van der Waals surface area contributed by atoms with E-state index in [1.165, 1.54) is 0 Å². The minimum absolute atomic E-state index is 0.00105. The monoisotopic (exact) mass is 322 g/mol. The van der Waals surface area contributed by atoms with Gasteiger partial charge in [-0.15, -0.1) is 0 Å². The van der Waals surface area contributed by atoms with Gasteiger partial charge in [-0.3, -0.25) is 0 Å². The minimum Gasteiger partial charge on any atom is -0.393 e. The molecule has 10 atom stereocenters. The van der Waals surface area contributed by atoms with Crippen molar-refractivity contribution in [2.75, 3.05) is 0 Å². The molecule has 23 heavy (non-hydrogen) atoms. The highest BCUT2D eigenvalue weighted by Gasteiger charge is 2.63. The smallest absolute Gasteiger partial charge is 0.0622 e. The Morgan fingerprint density at radius 1 is 0.826 bits per heavy atom. The van der Waals surface area contributed by atoms with E-state index in [0.717, 1.165) is 44.9 Å². The molecule has 0 aromatic heterocycles. The van der Waals surface area contributed by atoms with E-state index in [4.69, 9.17) is 0 Å². The van der Waals surface area contributed by atoms with Crippen LogP contribution in [0.3, 0.4) is 0 Å². The van der Waals surface area contributed by atoms with Crippen molar-refractivity contribution in [3.05, 3.63) is 0 Å². The summed E-state index contributed by atoms with van der Waals surface area (Å²) in [6.07, 6.45) is 6.44. The van der Waals surface area contributed by atoms with E-state index < -0.39 is 0 Å². The van der Waals surface area contributed by atoms with Gasteiger partial charge in [-0.25, -0.2) is 0 Å². The van der Waals surface area contributed by atoms with Crippen LogP contribution in [0, 0.1) is 40.4 Å². The highest BCUT2D eigenvalue weighted by atomic mass is 16.3. The first-order chi connectivity index (χ1) is 10.8. The molecule has 0 aromatic rings. The molecule has 3 unspecified atom stereocenters. The topological polar surface area (TPSA) is 60.7 Å². The number of aliphatic hydroxyl groups is 3. The zero-order chi connectivity index (χ0) is 16.6. The van der Waals surface area contributed by atoms with Gasteiger partial charge in [0.25, 0.3) is 0 Å². The van der Waals surface area contributed by atoms with Gasteiger partial charge >= 0.3 is 0 Å². The van der Waals surface area contributed by atoms with E-state index in [1.807, 2.05) is 0 Å². The number of aliphatic hydroxyl groups excluding tert-OH is 3. The average Bonchev–Trinajstić information content (AvgIpc) is 2.73. The molecule has 0 aliphatic heterocycles. The number of fused-ring (bicyclic) bond motifs is 5. The molecule has 0 radical (unpaired) electrons. The van der Waals surface area contributed by atoms with E-state index in [-0.39, 0.29) is 29.1 Å². The van der Waals surface area contributed by atoms with E-state index >= 15 is 0 Å². The summed E-state index contributed by atoms with van der Waals surface area (Å²) < 4.78 is 0. The molecule has 132 valence electrons. The van der Waals surface area contributed by atoms with E-state index in [0.29, 0.717) is 29.6 Å². The molecule has 0 saturated heterocycles. The molecule has 0 heterocycles. The van der Waals surface area contributed by atoms with Gasteiger partial charge in [0.05, 0.1) is 18.3 Å². The van der Waals surface area contributed by atoms with Crippen molar-refractivity contribution in [2.24, 2.45) is 40.4 Å². The highest BCUT2D eigenvalue weighted by Crippen LogP contribution is 2.66. The Kier molecular flexibility index (Phi) is 3.69. The third-order valence-corrected chi connectivity index (χ3v) is 8.93. The summed E-state index contributed by atoms with van der Waals surface area (Å²) in [6, 6.07) is 0. The van der Waals surface area contributed by atoms with Crippen molar-refractivity contribution >= 4 is 0 Å². The lowest BCUT2D eigenvalue weighted by Gasteiger charge is -2.61. The predicted molar refractivity (Wildman–Crippen MR) is 89.7 cm³/mol. The van der Waals surface area contributed by atoms with Crippen molar-refractivity contribution in [1.82, 2.24) is 0 Å². The van der Waals surface area contributed by atoms with Gasteiger partial charge in [-0.05, 0) is 85.4 Å². The lowest BCUT2D eigenvalue weighted by molar-refractivity contribution is -0.177. The lowest BCUT2D eigenvalue weighted by atomic mass is 9.44. The van der Waals surface area contributed by atoms with Gasteiger partial charge in [0.2, 0.25) is 0 Å². The molecule has 0 aromatic carbocycles. The Balaban J connectivity index is 1.68. The second kappa shape index (κ2) is 5.19. The maximum Gasteiger partial charge on any atom is 0.0622 e. The largest absolute Gasteiger partial charge is 0.393 e. The lowest BCUT2D eigenvalue weighted by Crippen LogP contribution is -2.58. The normalized spacial score (nSPS) is 62.3. The van der Waals surface area contributed by atoms with Crippen LogP contribution in [-0.4, -0.2) is 33.6 Å². The number of hydrogen-bond donors (Lipinski definition) is 3. The summed E-state index contributed by atoms with van der Waals surface area (Å²) in [5, 5.41) is 31.9. The summed E-state index contributed by atoms with van der Waals surface area (Å²) >= 11 is 0. The highest BCUT2D eigenvalue weighted by molar-refractivity contribution is 5.12. The summed E-state index contributed by atoms with van der Waals surface area (Å²) in [7, 11) is 0. The Bertz CT molecular complexity index is 480. The molecule has 3 N–H and O–H groups in total. The molecule has 0 spiro atoms. The molecular weight excluding hydrogens is 288 g/mol. The fourth-order valence-corrected chi connectivity index (χ4v) is 7.54. The van der Waals surface area contributed by atoms with Crippen molar-refractivity contribution < 1.29 is 15.3 Å². The van der Waals surface area contributed by atoms with Gasteiger partial charge in [0, 0.05) is 0 Å². The van der Waals surface area contributed by atoms with Gasteiger partial charge in [-0.2, -0.15) is 0 Å². The van der Waals surface area contributed by atoms with Crippen LogP contribution in [0.4, 0.5) is 0 Å². The molecular formula is C20H34O3. The van der Waals surface area contributed by atoms with Crippen molar-refractivity contribution in [2.45, 2.75) is 84.0 Å². The second-order valence-corrected chi connectivity index (χ2v) is 9.93. The summed E-state index contributed by atoms with van der Waals surface area (Å²) in [4.78, 5) is 0. The number of hydrogen-bond acceptors (Lipinski definition) is 3. The third-order valence-electron chi connectivity index (χ3n) is 8.93. The van der Waals surface area contributed by atoms with Crippen molar-refractivity contribution in [1.29, 1.82) is 0 Å². The zero-order valence-corrected chi connectivity index (χ0v) is 14.9. The summed E-state index contributed by atoms with van der Waals surface area (Å²) in [6.45, 7) is 6.89. The van der Waals surface area contributed by atoms with Gasteiger partial charge in [0.15, 0.2) is 0 Å². The Morgan fingerprint density at radius 2 is 1.52 bits per heavy atom. The quantitative estimate of drug-likeness (QED) is 0.642. The minimum atomic E-state index is -0.245. The molecule has 3 nitrogen and oxygen atoms in total. The van der Waals surface area contributed by atoms with Crippen LogP contribution in [0.25, 0.3) is 0 Å². The van der Waals surface area contributed by atoms with Crippen LogP contribution < -0.4 is 0 Å². The van der Waals surface area contributed by atoms with E-state index in [2.05, 4.69) is 20.8 Å². The Labute approximate surface area is 140 Å². The average molecular weight is 322 g/mol. The van der Waals surface area contributed by atoms with Crippen LogP contribution in [0.1, 0.15) is 65.7 Å². The second-order valence-electron chi connectivity index (χ2n) is 9.93. The SMILES string of the molecule is C[C@@H]1CC2C3C(CC[C@]2(C)[C@H]1O)[C@@]1(C)CC[C@@H](O)C[C@@H]1C[C@H]3O. The van der Waals surface area contributed by atoms with Gasteiger partial charge in [0.1, 0.15) is 0 Å². The van der Waals surface area contributed by atoms with Crippen LogP contribution in [-0.2, 0) is 0 Å². The predicted octanol–water partition coefficient (Wildman–Crippen LogP) is 2.97. The van der Waals surface area contributed by atoms with E-state index in [9.17, 15) is 15.3 Å². The maximum absolute atomic E-state index is 11.0. The van der Waals surface area contributed by atoms with Crippen LogP contribution >= 0.6 is 0 Å². The van der Waals surface area contributed by atoms with Gasteiger partial charge < -0.3 is 15.3 Å². The molecule has 0 amide bonds. The molecule has 4 saturated carbocycles. The summed E-state index contributed by atoms with van der Waals surface area (Å²) in [5.41, 5.74) is 0.278. The molecule has 4 aliphatic rings. The van der Waals surface area contributed by atoms with Crippen molar-refractivity contribution in [3.8, 4) is 0 Å². The van der Waals surface area contributed by atoms with Crippen LogP contribution in [0.2, 0.25) is 0 Å². The van der Waals surface area contributed by atoms with Crippen molar-refractivity contribution in [3.63, 3.8) is 0 Å². The molecule has 4 rings (SSSR count). The van der Waals surface area contributed by atoms with Crippen LogP contribution in [0.15, 0.2) is 0 Å². The zero-order valence-electron chi connectivity index (χ0n) is 14.9. The molecule has 4 fully saturated rings. The fourth-order valence-electron chi connectivity index (χ4n) is 7.54. The molecule has 4 aliphatic carbocycles. The molecule has 3 heteroatoms. The molecule has 0 bridgehead atoms. The standard InChI is InChI=1S/C20H34O3/c1-11-8-15-17-14(5-7-20(15,3)18(11)23)19(2)6-4-13(21)9-12(19)10-16(17)22/h11-18,21-23H,4-10H2,1-3H3/t11-,12-,13-,14?,15?,16-,17?,18+,19+,20+/m1/s1. The van der Waals surface area contributed by atoms with E-state index in [1.54, 1.807) is 0 Å². The first kappa shape index (κ1) is 16.4. The first-order valence-corrected chi connectivity index (χ1v) is 9.81. The third kappa shape index (κ3) is 2.12. The fraction of sp³-hybridized carbons (Fsp3) is 1.00. The Hall–Kier alpha value is -0.120. The first-order valence-electron chi connectivity index (χ1n) is 9.81. The Morgan fingerprint density at radius 3 is 2.26 bits per heavy atom. The van der Waals surface area contributed by atoms with Crippen LogP contribution in [0.5, 0.6) is 0 Å².